The summed E-state index contributed by atoms with van der Waals surface area (Å²) in [5, 5.41) is 6.79. The molecule has 0 unspecified atom stereocenters. The maximum atomic E-state index is 13.5. The summed E-state index contributed by atoms with van der Waals surface area (Å²) in [7, 11) is 5.15. The number of aromatic nitrogens is 2. The molecule has 3 aromatic rings. The smallest absolute Gasteiger partial charge is 0.274 e. The van der Waals surface area contributed by atoms with E-state index in [0.29, 0.717) is 31.7 Å². The topological polar surface area (TPSA) is 67.7 Å². The fourth-order valence-electron chi connectivity index (χ4n) is 5.10. The maximum Gasteiger partial charge on any atom is 0.274 e. The molecule has 7 nitrogen and oxygen atoms in total. The van der Waals surface area contributed by atoms with Gasteiger partial charge < -0.3 is 14.5 Å². The molecule has 2 aromatic heterocycles. The molecule has 0 atom stereocenters. The molecule has 0 radical (unpaired) electrons. The van der Waals surface area contributed by atoms with Gasteiger partial charge in [-0.05, 0) is 55.4 Å². The van der Waals surface area contributed by atoms with Crippen LogP contribution in [0, 0.1) is 0 Å². The van der Waals surface area contributed by atoms with Gasteiger partial charge in [-0.25, -0.2) is 0 Å². The Kier molecular flexibility index (Phi) is 6.65. The molecule has 0 saturated carbocycles. The molecule has 2 aliphatic rings. The second-order valence-electron chi connectivity index (χ2n) is 9.53. The van der Waals surface area contributed by atoms with E-state index in [0.717, 1.165) is 48.3 Å². The van der Waals surface area contributed by atoms with Crippen molar-refractivity contribution in [3.63, 3.8) is 0 Å². The van der Waals surface area contributed by atoms with Crippen molar-refractivity contribution in [3.05, 3.63) is 68.2 Å². The first kappa shape index (κ1) is 23.6. The summed E-state index contributed by atoms with van der Waals surface area (Å²) in [6.45, 7) is 1.75. The number of thiophene rings is 1. The van der Waals surface area contributed by atoms with Crippen molar-refractivity contribution in [1.29, 1.82) is 0 Å². The lowest BCUT2D eigenvalue weighted by Crippen LogP contribution is -2.37. The number of nitrogens with zero attached hydrogens (tertiary/aromatic N) is 4. The van der Waals surface area contributed by atoms with Gasteiger partial charge in [-0.15, -0.1) is 11.3 Å². The molecule has 0 N–H and O–H groups in total. The number of benzene rings is 1. The number of rotatable bonds is 6. The molecule has 0 bridgehead atoms. The summed E-state index contributed by atoms with van der Waals surface area (Å²) < 4.78 is 7.23. The third-order valence-corrected chi connectivity index (χ3v) is 8.18. The van der Waals surface area contributed by atoms with Gasteiger partial charge in [0, 0.05) is 55.1 Å². The van der Waals surface area contributed by atoms with E-state index in [-0.39, 0.29) is 11.8 Å². The Morgan fingerprint density at radius 1 is 1.09 bits per heavy atom. The lowest BCUT2D eigenvalue weighted by molar-refractivity contribution is 0.0725. The number of hydrogen-bond acceptors (Lipinski definition) is 5. The summed E-state index contributed by atoms with van der Waals surface area (Å²) in [6, 6.07) is 8.04. The number of ether oxygens (including phenoxy) is 1. The first-order valence-corrected chi connectivity index (χ1v) is 13.2. The fourth-order valence-corrected chi connectivity index (χ4v) is 6.22. The highest BCUT2D eigenvalue weighted by atomic mass is 32.1. The molecule has 8 heteroatoms. The van der Waals surface area contributed by atoms with Crippen molar-refractivity contribution in [2.75, 3.05) is 27.7 Å². The van der Waals surface area contributed by atoms with Gasteiger partial charge >= 0.3 is 0 Å². The van der Waals surface area contributed by atoms with Crippen molar-refractivity contribution in [1.82, 2.24) is 19.6 Å². The normalized spacial score (nSPS) is 14.9. The zero-order chi connectivity index (χ0) is 24.5. The molecule has 5 rings (SSSR count). The largest absolute Gasteiger partial charge is 0.497 e. The van der Waals surface area contributed by atoms with Gasteiger partial charge in [0.05, 0.1) is 19.2 Å². The number of amides is 2. The van der Waals surface area contributed by atoms with Crippen LogP contribution in [0.25, 0.3) is 0 Å². The van der Waals surface area contributed by atoms with Gasteiger partial charge in [0.2, 0.25) is 0 Å². The Bertz CT molecular complexity index is 1240. The highest BCUT2D eigenvalue weighted by molar-refractivity contribution is 7.10. The van der Waals surface area contributed by atoms with Crippen LogP contribution in [0.3, 0.4) is 0 Å². The average molecular weight is 493 g/mol. The number of carbonyl (C=O) groups excluding carboxylic acids is 2. The molecule has 1 aliphatic carbocycles. The molecule has 2 amide bonds. The van der Waals surface area contributed by atoms with Crippen molar-refractivity contribution in [3.8, 4) is 5.75 Å². The average Bonchev–Trinajstić information content (AvgIpc) is 3.48. The van der Waals surface area contributed by atoms with Crippen LogP contribution in [0.15, 0.2) is 29.6 Å². The van der Waals surface area contributed by atoms with Gasteiger partial charge in [0.15, 0.2) is 5.69 Å². The van der Waals surface area contributed by atoms with E-state index in [1.165, 1.54) is 22.4 Å². The van der Waals surface area contributed by atoms with Gasteiger partial charge in [-0.1, -0.05) is 12.1 Å². The molecule has 1 aromatic carbocycles. The van der Waals surface area contributed by atoms with Crippen molar-refractivity contribution in [2.45, 2.75) is 51.6 Å². The summed E-state index contributed by atoms with van der Waals surface area (Å²) in [5.74, 6) is 0.802. The van der Waals surface area contributed by atoms with Crippen LogP contribution < -0.4 is 4.74 Å². The van der Waals surface area contributed by atoms with Crippen molar-refractivity contribution < 1.29 is 14.3 Å². The zero-order valence-electron chi connectivity index (χ0n) is 20.7. The van der Waals surface area contributed by atoms with E-state index in [1.807, 2.05) is 27.1 Å². The van der Waals surface area contributed by atoms with E-state index in [9.17, 15) is 9.59 Å². The van der Waals surface area contributed by atoms with Crippen LogP contribution in [0.4, 0.5) is 0 Å². The van der Waals surface area contributed by atoms with E-state index in [2.05, 4.69) is 12.1 Å². The van der Waals surface area contributed by atoms with Crippen LogP contribution in [-0.2, 0) is 38.8 Å². The Labute approximate surface area is 210 Å². The first-order chi connectivity index (χ1) is 17.0. The third kappa shape index (κ3) is 4.59. The molecule has 0 spiro atoms. The molecule has 1 aliphatic heterocycles. The monoisotopic (exact) mass is 492 g/mol. The number of hydrogen-bond donors (Lipinski definition) is 0. The van der Waals surface area contributed by atoms with E-state index >= 15 is 0 Å². The minimum Gasteiger partial charge on any atom is -0.497 e. The number of fused-ring (bicyclic) bond motifs is 2. The number of methoxy groups -OCH3 is 1. The Morgan fingerprint density at radius 2 is 1.86 bits per heavy atom. The first-order valence-electron chi connectivity index (χ1n) is 12.3. The highest BCUT2D eigenvalue weighted by Crippen LogP contribution is 2.32. The van der Waals surface area contributed by atoms with Crippen LogP contribution in [0.1, 0.15) is 60.9 Å². The molecule has 184 valence electrons. The second-order valence-corrected chi connectivity index (χ2v) is 10.5. The molecule has 0 fully saturated rings. The molecular weight excluding hydrogens is 460 g/mol. The maximum absolute atomic E-state index is 13.5. The van der Waals surface area contributed by atoms with E-state index < -0.39 is 0 Å². The standard InChI is InChI=1S/C27H32N4O3S/c1-29(2)27(33)25-21-16-30(26(32)22-17-35-24-7-5-4-6-20(22)24)14-13-23(21)31(28-25)15-12-18-8-10-19(34-3)11-9-18/h8-11,17H,4-7,12-16H2,1-3H3. The van der Waals surface area contributed by atoms with Crippen LogP contribution >= 0.6 is 11.3 Å². The van der Waals surface area contributed by atoms with E-state index in [1.54, 1.807) is 37.4 Å². The van der Waals surface area contributed by atoms with Crippen molar-refractivity contribution in [2.24, 2.45) is 0 Å². The van der Waals surface area contributed by atoms with Gasteiger partial charge in [0.1, 0.15) is 5.75 Å². The SMILES string of the molecule is COc1ccc(CCn2nc(C(=O)N(C)C)c3c2CCN(C(=O)c2csc4c2CCCC4)C3)cc1. The summed E-state index contributed by atoms with van der Waals surface area (Å²) >= 11 is 1.72. The predicted octanol–water partition coefficient (Wildman–Crippen LogP) is 3.98. The quantitative estimate of drug-likeness (QED) is 0.522. The fraction of sp³-hybridized carbons (Fsp3) is 0.444. The van der Waals surface area contributed by atoms with Gasteiger partial charge in [0.25, 0.3) is 11.8 Å². The predicted molar refractivity (Wildman–Crippen MR) is 136 cm³/mol. The molecular formula is C27H32N4O3S. The summed E-state index contributed by atoms with van der Waals surface area (Å²) in [5.41, 5.74) is 5.72. The highest BCUT2D eigenvalue weighted by Gasteiger charge is 2.32. The third-order valence-electron chi connectivity index (χ3n) is 7.09. The van der Waals surface area contributed by atoms with Gasteiger partial charge in [-0.2, -0.15) is 5.10 Å². The second kappa shape index (κ2) is 9.85. The van der Waals surface area contributed by atoms with Crippen molar-refractivity contribution >= 4 is 23.2 Å². The van der Waals surface area contributed by atoms with Crippen LogP contribution in [-0.4, -0.2) is 59.1 Å². The lowest BCUT2D eigenvalue weighted by atomic mass is 9.95. The Morgan fingerprint density at radius 3 is 2.60 bits per heavy atom. The van der Waals surface area contributed by atoms with Crippen LogP contribution in [0.5, 0.6) is 5.75 Å². The van der Waals surface area contributed by atoms with Crippen LogP contribution in [0.2, 0.25) is 0 Å². The minimum absolute atomic E-state index is 0.0873. The Hall–Kier alpha value is -3.13. The zero-order valence-corrected chi connectivity index (χ0v) is 21.5. The number of carbonyl (C=O) groups is 2. The number of aryl methyl sites for hydroxylation is 3. The summed E-state index contributed by atoms with van der Waals surface area (Å²) in [4.78, 5) is 31.4. The minimum atomic E-state index is -0.119. The molecule has 3 heterocycles. The molecule has 0 saturated heterocycles. The Balaban J connectivity index is 1.39. The lowest BCUT2D eigenvalue weighted by Gasteiger charge is -2.28. The van der Waals surface area contributed by atoms with E-state index in [4.69, 9.17) is 9.84 Å². The summed E-state index contributed by atoms with van der Waals surface area (Å²) in [6.07, 6.45) is 5.93. The molecule has 35 heavy (non-hydrogen) atoms. The van der Waals surface area contributed by atoms with Gasteiger partial charge in [-0.3, -0.25) is 14.3 Å².